The van der Waals surface area contributed by atoms with Gasteiger partial charge < -0.3 is 29.2 Å². The monoisotopic (exact) mass is 460 g/mol. The van der Waals surface area contributed by atoms with E-state index in [1.165, 1.54) is 0 Å². The summed E-state index contributed by atoms with van der Waals surface area (Å²) < 4.78 is 24.1. The molecule has 0 radical (unpaired) electrons. The van der Waals surface area contributed by atoms with Crippen LogP contribution >= 0.6 is 0 Å². The third kappa shape index (κ3) is 3.36. The minimum Gasteiger partial charge on any atom is -0.508 e. The van der Waals surface area contributed by atoms with E-state index in [-0.39, 0.29) is 30.3 Å². The average molecular weight is 461 g/mol. The summed E-state index contributed by atoms with van der Waals surface area (Å²) in [5.41, 5.74) is 3.12. The predicted octanol–water partition coefficient (Wildman–Crippen LogP) is 4.73. The van der Waals surface area contributed by atoms with Crippen LogP contribution < -0.4 is 9.47 Å². The third-order valence-electron chi connectivity index (χ3n) is 7.54. The van der Waals surface area contributed by atoms with Crippen LogP contribution in [0.1, 0.15) is 36.1 Å². The molecule has 6 heteroatoms. The number of hydrogen-bond donors (Lipinski definition) is 2. The van der Waals surface area contributed by atoms with Gasteiger partial charge in [-0.25, -0.2) is 0 Å². The number of hydrogen-bond acceptors (Lipinski definition) is 6. The number of rotatable bonds is 6. The summed E-state index contributed by atoms with van der Waals surface area (Å²) in [4.78, 5) is 0. The van der Waals surface area contributed by atoms with E-state index >= 15 is 0 Å². The number of phenolic OH excluding ortho intramolecular Hbond substituents is 1. The van der Waals surface area contributed by atoms with Gasteiger partial charge >= 0.3 is 0 Å². The van der Waals surface area contributed by atoms with Gasteiger partial charge in [-0.15, -0.1) is 0 Å². The predicted molar refractivity (Wildman–Crippen MR) is 125 cm³/mol. The van der Waals surface area contributed by atoms with Crippen molar-refractivity contribution in [1.29, 1.82) is 0 Å². The molecule has 0 aliphatic carbocycles. The SMILES string of the molecule is CC(C(O)COc1ccc2c(c1)Oc1cc(O)ccc1C21OCc2ccccc21)[C@H](C)[C@@H]1CO1. The molecular formula is C28H28O6. The van der Waals surface area contributed by atoms with Crippen molar-refractivity contribution >= 4 is 0 Å². The average Bonchev–Trinajstić information content (AvgIpc) is 3.63. The Morgan fingerprint density at radius 2 is 1.74 bits per heavy atom. The second kappa shape index (κ2) is 8.01. The molecule has 6 rings (SSSR count). The normalized spacial score (nSPS) is 24.4. The van der Waals surface area contributed by atoms with E-state index in [0.29, 0.717) is 23.9 Å². The van der Waals surface area contributed by atoms with Crippen LogP contribution in [0.25, 0.3) is 0 Å². The first-order valence-electron chi connectivity index (χ1n) is 11.8. The maximum atomic E-state index is 10.6. The lowest BCUT2D eigenvalue weighted by Gasteiger charge is -2.37. The van der Waals surface area contributed by atoms with Gasteiger partial charge in [0.15, 0.2) is 5.60 Å². The largest absolute Gasteiger partial charge is 0.508 e. The van der Waals surface area contributed by atoms with Gasteiger partial charge in [0.05, 0.1) is 25.4 Å². The summed E-state index contributed by atoms with van der Waals surface area (Å²) in [6.45, 7) is 5.56. The Labute approximate surface area is 198 Å². The molecule has 0 amide bonds. The van der Waals surface area contributed by atoms with Crippen LogP contribution in [0.5, 0.6) is 23.0 Å². The molecule has 5 atom stereocenters. The van der Waals surface area contributed by atoms with Gasteiger partial charge in [-0.05, 0) is 47.2 Å². The Morgan fingerprint density at radius 1 is 1.00 bits per heavy atom. The fourth-order valence-electron chi connectivity index (χ4n) is 5.20. The van der Waals surface area contributed by atoms with E-state index in [1.807, 2.05) is 43.3 Å². The van der Waals surface area contributed by atoms with Crippen molar-refractivity contribution in [2.45, 2.75) is 38.3 Å². The van der Waals surface area contributed by atoms with Crippen molar-refractivity contribution in [2.75, 3.05) is 13.2 Å². The number of aliphatic hydroxyl groups excluding tert-OH is 1. The number of fused-ring (bicyclic) bond motifs is 6. The van der Waals surface area contributed by atoms with Gasteiger partial charge in [0, 0.05) is 23.3 Å². The lowest BCUT2D eigenvalue weighted by atomic mass is 9.77. The summed E-state index contributed by atoms with van der Waals surface area (Å²) in [6.07, 6.45) is -0.367. The van der Waals surface area contributed by atoms with Gasteiger partial charge in [0.2, 0.25) is 0 Å². The molecule has 2 N–H and O–H groups in total. The first kappa shape index (κ1) is 21.5. The Morgan fingerprint density at radius 3 is 2.53 bits per heavy atom. The van der Waals surface area contributed by atoms with Crippen molar-refractivity contribution in [2.24, 2.45) is 11.8 Å². The molecule has 3 unspecified atom stereocenters. The van der Waals surface area contributed by atoms with Gasteiger partial charge in [-0.2, -0.15) is 0 Å². The van der Waals surface area contributed by atoms with E-state index < -0.39 is 11.7 Å². The zero-order valence-corrected chi connectivity index (χ0v) is 19.2. The molecule has 3 aromatic rings. The van der Waals surface area contributed by atoms with Crippen molar-refractivity contribution in [3.8, 4) is 23.0 Å². The summed E-state index contributed by atoms with van der Waals surface area (Å²) in [7, 11) is 0. The molecule has 3 aromatic carbocycles. The van der Waals surface area contributed by atoms with E-state index in [4.69, 9.17) is 18.9 Å². The highest BCUT2D eigenvalue weighted by Crippen LogP contribution is 2.57. The Kier molecular flexibility index (Phi) is 5.06. The quantitative estimate of drug-likeness (QED) is 0.518. The number of aromatic hydroxyl groups is 1. The minimum absolute atomic E-state index is 0.0582. The van der Waals surface area contributed by atoms with Crippen molar-refractivity contribution in [3.63, 3.8) is 0 Å². The lowest BCUT2D eigenvalue weighted by molar-refractivity contribution is 0.0195. The third-order valence-corrected chi connectivity index (χ3v) is 7.54. The van der Waals surface area contributed by atoms with Crippen molar-refractivity contribution in [3.05, 3.63) is 82.9 Å². The molecular weight excluding hydrogens is 432 g/mol. The maximum Gasteiger partial charge on any atom is 0.151 e. The second-order valence-corrected chi connectivity index (χ2v) is 9.54. The van der Waals surface area contributed by atoms with Crippen LogP contribution in [0.15, 0.2) is 60.7 Å². The number of phenols is 1. The Balaban J connectivity index is 1.33. The lowest BCUT2D eigenvalue weighted by Crippen LogP contribution is -2.32. The molecule has 3 aliphatic rings. The molecule has 34 heavy (non-hydrogen) atoms. The van der Waals surface area contributed by atoms with E-state index in [2.05, 4.69) is 19.1 Å². The molecule has 0 bridgehead atoms. The summed E-state index contributed by atoms with van der Waals surface area (Å²) in [5, 5.41) is 20.8. The van der Waals surface area contributed by atoms with E-state index in [1.54, 1.807) is 12.1 Å². The number of epoxide rings is 1. The number of benzene rings is 3. The minimum atomic E-state index is -0.820. The van der Waals surface area contributed by atoms with Crippen molar-refractivity contribution < 1.29 is 29.2 Å². The standard InChI is InChI=1S/C28H28O6/c1-16(17(2)27-15-32-27)24(30)14-31-20-8-10-23-26(12-20)34-25-11-19(29)7-9-22(25)28(23)21-6-4-3-5-18(21)13-33-28/h3-12,16-17,24,27,29-30H,13-15H2,1-2H3/t16?,17-,24?,27-,28?/m0/s1. The van der Waals surface area contributed by atoms with Gasteiger partial charge in [0.1, 0.15) is 29.6 Å². The smallest absolute Gasteiger partial charge is 0.151 e. The van der Waals surface area contributed by atoms with Crippen LogP contribution in [0.4, 0.5) is 0 Å². The highest BCUT2D eigenvalue weighted by molar-refractivity contribution is 5.65. The zero-order valence-electron chi connectivity index (χ0n) is 19.2. The number of aliphatic hydroxyl groups is 1. The summed E-state index contributed by atoms with van der Waals surface area (Å²) >= 11 is 0. The fourth-order valence-corrected chi connectivity index (χ4v) is 5.20. The molecule has 6 nitrogen and oxygen atoms in total. The first-order chi connectivity index (χ1) is 16.5. The number of ether oxygens (including phenoxy) is 4. The molecule has 0 aromatic heterocycles. The molecule has 3 heterocycles. The van der Waals surface area contributed by atoms with Gasteiger partial charge in [-0.1, -0.05) is 38.1 Å². The molecule has 1 spiro atoms. The Bertz CT molecular complexity index is 1240. The molecule has 0 saturated carbocycles. The zero-order chi connectivity index (χ0) is 23.4. The fraction of sp³-hybridized carbons (Fsp3) is 0.357. The molecule has 3 aliphatic heterocycles. The van der Waals surface area contributed by atoms with Crippen LogP contribution in [0.2, 0.25) is 0 Å². The maximum absolute atomic E-state index is 10.6. The second-order valence-electron chi connectivity index (χ2n) is 9.54. The van der Waals surface area contributed by atoms with E-state index in [9.17, 15) is 10.2 Å². The van der Waals surface area contributed by atoms with Crippen LogP contribution in [-0.4, -0.2) is 35.6 Å². The summed E-state index contributed by atoms with van der Waals surface area (Å²) in [6, 6.07) is 19.0. The molecule has 1 fully saturated rings. The Hall–Kier alpha value is -3.06. The molecule has 1 saturated heterocycles. The topological polar surface area (TPSA) is 80.7 Å². The highest BCUT2D eigenvalue weighted by atomic mass is 16.6. The first-order valence-corrected chi connectivity index (χ1v) is 11.8. The van der Waals surface area contributed by atoms with Gasteiger partial charge in [0.25, 0.3) is 0 Å². The van der Waals surface area contributed by atoms with Crippen LogP contribution in [0.3, 0.4) is 0 Å². The highest BCUT2D eigenvalue weighted by Gasteiger charge is 2.49. The van der Waals surface area contributed by atoms with Crippen molar-refractivity contribution in [1.82, 2.24) is 0 Å². The summed E-state index contributed by atoms with van der Waals surface area (Å²) in [5.74, 6) is 2.21. The van der Waals surface area contributed by atoms with Crippen LogP contribution in [-0.2, 0) is 21.7 Å². The van der Waals surface area contributed by atoms with Crippen LogP contribution in [0, 0.1) is 11.8 Å². The van der Waals surface area contributed by atoms with E-state index in [0.717, 1.165) is 28.9 Å². The molecule has 176 valence electrons. The van der Waals surface area contributed by atoms with Gasteiger partial charge in [-0.3, -0.25) is 0 Å².